The summed E-state index contributed by atoms with van der Waals surface area (Å²) < 4.78 is 0. The van der Waals surface area contributed by atoms with Gasteiger partial charge in [-0.2, -0.15) is 0 Å². The molecule has 19 heavy (non-hydrogen) atoms. The molecule has 0 spiro atoms. The summed E-state index contributed by atoms with van der Waals surface area (Å²) in [6, 6.07) is 12.7. The molecule has 3 N–H and O–H groups in total. The van der Waals surface area contributed by atoms with Gasteiger partial charge < -0.3 is 11.1 Å². The Balaban J connectivity index is 2.01. The smallest absolute Gasteiger partial charge is 0.251 e. The first-order valence-electron chi connectivity index (χ1n) is 5.95. The Morgan fingerprint density at radius 3 is 2.53 bits per heavy atom. The minimum atomic E-state index is -0.140. The van der Waals surface area contributed by atoms with Crippen LogP contribution in [0.15, 0.2) is 42.5 Å². The Morgan fingerprint density at radius 2 is 1.89 bits per heavy atom. The van der Waals surface area contributed by atoms with E-state index >= 15 is 0 Å². The van der Waals surface area contributed by atoms with Gasteiger partial charge in [-0.15, -0.1) is 0 Å². The average molecular weight is 275 g/mol. The highest BCUT2D eigenvalue weighted by atomic mass is 35.5. The van der Waals surface area contributed by atoms with Crippen LogP contribution >= 0.6 is 11.6 Å². The molecule has 0 unspecified atom stereocenters. The van der Waals surface area contributed by atoms with Crippen LogP contribution in [0.4, 0.5) is 5.69 Å². The van der Waals surface area contributed by atoms with Crippen molar-refractivity contribution in [1.82, 2.24) is 5.32 Å². The Kier molecular flexibility index (Phi) is 4.07. The van der Waals surface area contributed by atoms with Crippen molar-refractivity contribution in [3.05, 3.63) is 64.2 Å². The number of hydrogen-bond acceptors (Lipinski definition) is 2. The van der Waals surface area contributed by atoms with Crippen molar-refractivity contribution in [2.24, 2.45) is 0 Å². The molecular formula is C15H15ClN2O. The number of nitrogen functional groups attached to an aromatic ring is 1. The standard InChI is InChI=1S/C15H15ClN2O/c1-10-2-5-12(8-14(10)16)15(19)18-9-11-3-6-13(17)7-4-11/h2-8H,9,17H2,1H3,(H,18,19). The fourth-order valence-electron chi connectivity index (χ4n) is 1.65. The summed E-state index contributed by atoms with van der Waals surface area (Å²) in [6.45, 7) is 2.36. The molecule has 0 radical (unpaired) electrons. The van der Waals surface area contributed by atoms with Crippen LogP contribution in [0.2, 0.25) is 5.02 Å². The molecule has 3 nitrogen and oxygen atoms in total. The number of hydrogen-bond donors (Lipinski definition) is 2. The molecule has 2 rings (SSSR count). The van der Waals surface area contributed by atoms with E-state index in [1.54, 1.807) is 12.1 Å². The fraction of sp³-hybridized carbons (Fsp3) is 0.133. The molecule has 0 heterocycles. The normalized spacial score (nSPS) is 10.2. The molecule has 2 aromatic carbocycles. The quantitative estimate of drug-likeness (QED) is 0.845. The van der Waals surface area contributed by atoms with Gasteiger partial charge in [-0.05, 0) is 42.3 Å². The third kappa shape index (κ3) is 3.48. The summed E-state index contributed by atoms with van der Waals surface area (Å²) in [5, 5.41) is 3.44. The third-order valence-electron chi connectivity index (χ3n) is 2.87. The molecule has 0 aliphatic carbocycles. The molecule has 0 aliphatic heterocycles. The number of carbonyl (C=O) groups excluding carboxylic acids is 1. The Labute approximate surface area is 117 Å². The molecule has 4 heteroatoms. The second-order valence-corrected chi connectivity index (χ2v) is 4.80. The van der Waals surface area contributed by atoms with Gasteiger partial charge in [0.2, 0.25) is 0 Å². The summed E-state index contributed by atoms with van der Waals surface area (Å²) >= 11 is 6.00. The number of benzene rings is 2. The molecule has 0 fully saturated rings. The predicted molar refractivity (Wildman–Crippen MR) is 78.2 cm³/mol. The lowest BCUT2D eigenvalue weighted by molar-refractivity contribution is 0.0951. The van der Waals surface area contributed by atoms with Gasteiger partial charge in [0, 0.05) is 22.8 Å². The Morgan fingerprint density at radius 1 is 1.21 bits per heavy atom. The van der Waals surface area contributed by atoms with Gasteiger partial charge >= 0.3 is 0 Å². The summed E-state index contributed by atoms with van der Waals surface area (Å²) in [7, 11) is 0. The van der Waals surface area contributed by atoms with E-state index in [-0.39, 0.29) is 5.91 Å². The second kappa shape index (κ2) is 5.76. The highest BCUT2D eigenvalue weighted by molar-refractivity contribution is 6.31. The van der Waals surface area contributed by atoms with Crippen LogP contribution in [-0.4, -0.2) is 5.91 Å². The van der Waals surface area contributed by atoms with Gasteiger partial charge in [-0.1, -0.05) is 29.8 Å². The van der Waals surface area contributed by atoms with Gasteiger partial charge in [-0.3, -0.25) is 4.79 Å². The molecule has 0 aliphatic rings. The summed E-state index contributed by atoms with van der Waals surface area (Å²) in [5.74, 6) is -0.140. The van der Waals surface area contributed by atoms with E-state index in [4.69, 9.17) is 17.3 Å². The highest BCUT2D eigenvalue weighted by Crippen LogP contribution is 2.16. The van der Waals surface area contributed by atoms with Crippen LogP contribution in [0.5, 0.6) is 0 Å². The zero-order valence-corrected chi connectivity index (χ0v) is 11.4. The van der Waals surface area contributed by atoms with E-state index < -0.39 is 0 Å². The first-order chi connectivity index (χ1) is 9.06. The van der Waals surface area contributed by atoms with Gasteiger partial charge in [-0.25, -0.2) is 0 Å². The SMILES string of the molecule is Cc1ccc(C(=O)NCc2ccc(N)cc2)cc1Cl. The number of amides is 1. The third-order valence-corrected chi connectivity index (χ3v) is 3.27. The molecule has 0 saturated carbocycles. The van der Waals surface area contributed by atoms with E-state index in [9.17, 15) is 4.79 Å². The number of carbonyl (C=O) groups is 1. The van der Waals surface area contributed by atoms with E-state index in [1.165, 1.54) is 0 Å². The molecular weight excluding hydrogens is 260 g/mol. The molecule has 0 saturated heterocycles. The molecule has 0 atom stereocenters. The first kappa shape index (κ1) is 13.4. The van der Waals surface area contributed by atoms with Gasteiger partial charge in [0.1, 0.15) is 0 Å². The van der Waals surface area contributed by atoms with Gasteiger partial charge in [0.25, 0.3) is 5.91 Å². The van der Waals surface area contributed by atoms with Crippen molar-refractivity contribution in [2.45, 2.75) is 13.5 Å². The lowest BCUT2D eigenvalue weighted by atomic mass is 10.1. The number of aryl methyl sites for hydroxylation is 1. The largest absolute Gasteiger partial charge is 0.399 e. The number of anilines is 1. The van der Waals surface area contributed by atoms with Crippen LogP contribution < -0.4 is 11.1 Å². The minimum Gasteiger partial charge on any atom is -0.399 e. The molecule has 98 valence electrons. The van der Waals surface area contributed by atoms with Crippen molar-refractivity contribution in [3.63, 3.8) is 0 Å². The van der Waals surface area contributed by atoms with Crippen molar-refractivity contribution in [3.8, 4) is 0 Å². The molecule has 1 amide bonds. The van der Waals surface area contributed by atoms with E-state index in [0.717, 1.165) is 11.1 Å². The molecule has 0 aromatic heterocycles. The lowest BCUT2D eigenvalue weighted by Crippen LogP contribution is -2.22. The maximum absolute atomic E-state index is 12.0. The second-order valence-electron chi connectivity index (χ2n) is 4.39. The fourth-order valence-corrected chi connectivity index (χ4v) is 1.83. The molecule has 0 bridgehead atoms. The van der Waals surface area contributed by atoms with Crippen LogP contribution in [-0.2, 0) is 6.54 Å². The topological polar surface area (TPSA) is 55.1 Å². The highest BCUT2D eigenvalue weighted by Gasteiger charge is 2.06. The first-order valence-corrected chi connectivity index (χ1v) is 6.33. The van der Waals surface area contributed by atoms with Crippen LogP contribution in [0.3, 0.4) is 0 Å². The van der Waals surface area contributed by atoms with E-state index in [1.807, 2.05) is 37.3 Å². The van der Waals surface area contributed by atoms with Gasteiger partial charge in [0.05, 0.1) is 0 Å². The molecule has 2 aromatic rings. The summed E-state index contributed by atoms with van der Waals surface area (Å²) in [6.07, 6.45) is 0. The summed E-state index contributed by atoms with van der Waals surface area (Å²) in [5.41, 5.74) is 8.83. The van der Waals surface area contributed by atoms with Crippen LogP contribution in [0, 0.1) is 6.92 Å². The maximum atomic E-state index is 12.0. The van der Waals surface area contributed by atoms with Crippen LogP contribution in [0.25, 0.3) is 0 Å². The number of rotatable bonds is 3. The number of nitrogens with one attached hydrogen (secondary N) is 1. The number of nitrogens with two attached hydrogens (primary N) is 1. The zero-order chi connectivity index (χ0) is 13.8. The van der Waals surface area contributed by atoms with Crippen molar-refractivity contribution in [1.29, 1.82) is 0 Å². The minimum absolute atomic E-state index is 0.140. The van der Waals surface area contributed by atoms with Gasteiger partial charge in [0.15, 0.2) is 0 Å². The van der Waals surface area contributed by atoms with Crippen molar-refractivity contribution >= 4 is 23.2 Å². The Bertz CT molecular complexity index is 594. The Hall–Kier alpha value is -2.00. The van der Waals surface area contributed by atoms with Crippen molar-refractivity contribution in [2.75, 3.05) is 5.73 Å². The number of halogens is 1. The van der Waals surface area contributed by atoms with Crippen molar-refractivity contribution < 1.29 is 4.79 Å². The predicted octanol–water partition coefficient (Wildman–Crippen LogP) is 3.16. The average Bonchev–Trinajstić information content (AvgIpc) is 2.41. The summed E-state index contributed by atoms with van der Waals surface area (Å²) in [4.78, 5) is 12.0. The maximum Gasteiger partial charge on any atom is 0.251 e. The van der Waals surface area contributed by atoms with Crippen LogP contribution in [0.1, 0.15) is 21.5 Å². The van der Waals surface area contributed by atoms with E-state index in [2.05, 4.69) is 5.32 Å². The lowest BCUT2D eigenvalue weighted by Gasteiger charge is -2.07. The van der Waals surface area contributed by atoms with E-state index in [0.29, 0.717) is 22.8 Å². The zero-order valence-electron chi connectivity index (χ0n) is 10.6. The monoisotopic (exact) mass is 274 g/mol.